The van der Waals surface area contributed by atoms with Gasteiger partial charge in [-0.1, -0.05) is 175 Å². The van der Waals surface area contributed by atoms with Crippen molar-refractivity contribution in [2.75, 3.05) is 0 Å². The van der Waals surface area contributed by atoms with Crippen molar-refractivity contribution in [2.45, 2.75) is 209 Å². The van der Waals surface area contributed by atoms with Crippen molar-refractivity contribution in [3.05, 3.63) is 86.5 Å². The van der Waals surface area contributed by atoms with Crippen LogP contribution >= 0.6 is 0 Å². The van der Waals surface area contributed by atoms with Gasteiger partial charge in [-0.15, -0.1) is 0 Å². The molecule has 0 unspecified atom stereocenters. The molecule has 0 saturated carbocycles. The third-order valence-corrected chi connectivity index (χ3v) is 10.2. The Labute approximate surface area is 375 Å². The van der Waals surface area contributed by atoms with Crippen molar-refractivity contribution in [1.82, 2.24) is 0 Å². The van der Waals surface area contributed by atoms with Crippen LogP contribution < -0.4 is 0 Å². The van der Waals surface area contributed by atoms with Crippen molar-refractivity contribution in [2.24, 2.45) is 0 Å². The summed E-state index contributed by atoms with van der Waals surface area (Å²) in [7, 11) is 0. The minimum atomic E-state index is -0.798. The molecule has 6 N–H and O–H groups in total. The van der Waals surface area contributed by atoms with Crippen LogP contribution in [0.5, 0.6) is 17.2 Å². The Bertz CT molecular complexity index is 1630. The van der Waals surface area contributed by atoms with Gasteiger partial charge in [0.25, 0.3) is 0 Å². The van der Waals surface area contributed by atoms with E-state index in [2.05, 4.69) is 125 Å². The first-order valence-corrected chi connectivity index (χ1v) is 22.0. The molecule has 0 aliphatic heterocycles. The van der Waals surface area contributed by atoms with Crippen LogP contribution in [-0.2, 0) is 66.1 Å². The van der Waals surface area contributed by atoms with Gasteiger partial charge in [0.2, 0.25) is 0 Å². The summed E-state index contributed by atoms with van der Waals surface area (Å²) in [6.07, 6.45) is 1.79. The third-order valence-electron chi connectivity index (χ3n) is 10.2. The van der Waals surface area contributed by atoms with Crippen LogP contribution in [0.15, 0.2) is 36.4 Å². The van der Waals surface area contributed by atoms with E-state index in [0.717, 1.165) is 50.1 Å². The Kier molecular flexibility index (Phi) is 20.6. The Morgan fingerprint density at radius 3 is 0.565 bits per heavy atom. The lowest BCUT2D eigenvalue weighted by Crippen LogP contribution is -2.18. The fourth-order valence-electron chi connectivity index (χ4n) is 6.70. The molecule has 62 heavy (non-hydrogen) atoms. The standard InChI is InChI=1S/3C17H26O3.C2H6/c3*1-16(2,3)12-9-11(7-8-14(18)19)10-13(15(12)20)17(4,5)6;1-2/h3*9-10,20H,7-8H2,1-6H3,(H,18,19);1-2H3. The summed E-state index contributed by atoms with van der Waals surface area (Å²) < 4.78 is 0. The average Bonchev–Trinajstić information content (AvgIpc) is 3.08. The summed E-state index contributed by atoms with van der Waals surface area (Å²) in [6, 6.07) is 11.6. The number of aliphatic carboxylic acids is 3. The first kappa shape index (κ1) is 57.5. The van der Waals surface area contributed by atoms with Gasteiger partial charge in [-0.2, -0.15) is 0 Å². The number of aromatic hydroxyl groups is 3. The number of rotatable bonds is 9. The molecular weight excluding hydrogens is 781 g/mol. The van der Waals surface area contributed by atoms with E-state index < -0.39 is 17.9 Å². The fraction of sp³-hybridized carbons (Fsp3) is 0.604. The number of aryl methyl sites for hydroxylation is 3. The van der Waals surface area contributed by atoms with Gasteiger partial charge in [-0.3, -0.25) is 14.4 Å². The number of phenolic OH excluding ortho intramolecular Hbond substituents is 3. The number of carbonyl (C=O) groups is 3. The highest BCUT2D eigenvalue weighted by Gasteiger charge is 2.29. The van der Waals surface area contributed by atoms with Crippen LogP contribution in [0.2, 0.25) is 0 Å². The lowest BCUT2D eigenvalue weighted by molar-refractivity contribution is -0.138. The minimum absolute atomic E-state index is 0.109. The zero-order chi connectivity index (χ0) is 49.1. The normalized spacial score (nSPS) is 12.2. The van der Waals surface area contributed by atoms with E-state index in [1.807, 2.05) is 50.2 Å². The van der Waals surface area contributed by atoms with E-state index in [4.69, 9.17) is 15.3 Å². The Balaban J connectivity index is 0.000000882. The predicted molar refractivity (Wildman–Crippen MR) is 256 cm³/mol. The van der Waals surface area contributed by atoms with Crippen LogP contribution in [0.4, 0.5) is 0 Å². The molecule has 9 heteroatoms. The maximum absolute atomic E-state index is 10.8. The average molecular weight is 865 g/mol. The van der Waals surface area contributed by atoms with E-state index in [9.17, 15) is 29.7 Å². The van der Waals surface area contributed by atoms with E-state index >= 15 is 0 Å². The summed E-state index contributed by atoms with van der Waals surface area (Å²) in [5, 5.41) is 58.2. The zero-order valence-corrected chi connectivity index (χ0v) is 42.1. The summed E-state index contributed by atoms with van der Waals surface area (Å²) in [6.45, 7) is 40.9. The number of phenols is 3. The monoisotopic (exact) mass is 865 g/mol. The molecule has 0 heterocycles. The van der Waals surface area contributed by atoms with E-state index in [-0.39, 0.29) is 51.8 Å². The topological polar surface area (TPSA) is 173 Å². The molecule has 0 atom stereocenters. The molecule has 3 aromatic rings. The van der Waals surface area contributed by atoms with Crippen molar-refractivity contribution in [1.29, 1.82) is 0 Å². The first-order valence-electron chi connectivity index (χ1n) is 22.0. The maximum Gasteiger partial charge on any atom is 0.303 e. The Morgan fingerprint density at radius 1 is 0.339 bits per heavy atom. The van der Waals surface area contributed by atoms with E-state index in [1.54, 1.807) is 0 Å². The molecule has 0 aromatic heterocycles. The minimum Gasteiger partial charge on any atom is -0.507 e. The highest BCUT2D eigenvalue weighted by Crippen LogP contribution is 2.42. The number of carboxylic acids is 3. The second-order valence-corrected chi connectivity index (χ2v) is 22.3. The van der Waals surface area contributed by atoms with Gasteiger partial charge in [0, 0.05) is 19.3 Å². The van der Waals surface area contributed by atoms with E-state index in [1.165, 1.54) is 0 Å². The van der Waals surface area contributed by atoms with Crippen LogP contribution in [0.25, 0.3) is 0 Å². The van der Waals surface area contributed by atoms with Crippen LogP contribution in [0, 0.1) is 0 Å². The lowest BCUT2D eigenvalue weighted by Gasteiger charge is -2.28. The largest absolute Gasteiger partial charge is 0.507 e. The number of hydrogen-bond acceptors (Lipinski definition) is 6. The SMILES string of the molecule is CC.CC(C)(C)c1cc(CCC(=O)O)cc(C(C)(C)C)c1O.CC(C)(C)c1cc(CCC(=O)O)cc(C(C)(C)C)c1O.CC(C)(C)c1cc(CCC(=O)O)cc(C(C)(C)C)c1O. The summed E-state index contributed by atoms with van der Waals surface area (Å²) >= 11 is 0. The second-order valence-electron chi connectivity index (χ2n) is 22.3. The predicted octanol–water partition coefficient (Wildman–Crippen LogP) is 13.0. The van der Waals surface area contributed by atoms with Gasteiger partial charge in [-0.25, -0.2) is 0 Å². The van der Waals surface area contributed by atoms with Crippen molar-refractivity contribution in [3.63, 3.8) is 0 Å². The number of carboxylic acid groups (broad SMARTS) is 3. The van der Waals surface area contributed by atoms with Gasteiger partial charge in [-0.05, 0) is 102 Å². The summed E-state index contributed by atoms with van der Waals surface area (Å²) in [5.41, 5.74) is 7.13. The van der Waals surface area contributed by atoms with Gasteiger partial charge in [0.1, 0.15) is 17.2 Å². The Morgan fingerprint density at radius 2 is 0.468 bits per heavy atom. The van der Waals surface area contributed by atoms with Gasteiger partial charge < -0.3 is 30.6 Å². The van der Waals surface area contributed by atoms with Crippen LogP contribution in [0.1, 0.15) is 208 Å². The molecule has 0 fully saturated rings. The first-order chi connectivity index (χ1) is 27.8. The Hall–Kier alpha value is -4.53. The molecular formula is C53H84O9. The molecule has 3 aromatic carbocycles. The van der Waals surface area contributed by atoms with E-state index in [0.29, 0.717) is 36.5 Å². The molecule has 9 nitrogen and oxygen atoms in total. The lowest BCUT2D eigenvalue weighted by atomic mass is 9.78. The van der Waals surface area contributed by atoms with Crippen molar-refractivity contribution >= 4 is 17.9 Å². The summed E-state index contributed by atoms with van der Waals surface area (Å²) in [4.78, 5) is 32.3. The molecule has 0 saturated heterocycles. The fourth-order valence-corrected chi connectivity index (χ4v) is 6.70. The van der Waals surface area contributed by atoms with Crippen molar-refractivity contribution < 1.29 is 45.0 Å². The van der Waals surface area contributed by atoms with Gasteiger partial charge in [0.05, 0.1) is 0 Å². The molecule has 0 bridgehead atoms. The smallest absolute Gasteiger partial charge is 0.303 e. The zero-order valence-electron chi connectivity index (χ0n) is 42.1. The number of hydrogen-bond donors (Lipinski definition) is 6. The molecule has 0 spiro atoms. The van der Waals surface area contributed by atoms with Crippen LogP contribution in [0.3, 0.4) is 0 Å². The summed E-state index contributed by atoms with van der Waals surface area (Å²) in [5.74, 6) is -1.38. The van der Waals surface area contributed by atoms with Gasteiger partial charge >= 0.3 is 17.9 Å². The third kappa shape index (κ3) is 18.4. The highest BCUT2D eigenvalue weighted by molar-refractivity contribution is 5.68. The van der Waals surface area contributed by atoms with Gasteiger partial charge in [0.15, 0.2) is 0 Å². The number of benzene rings is 3. The molecule has 3 rings (SSSR count). The molecule has 0 aliphatic rings. The molecule has 0 amide bonds. The van der Waals surface area contributed by atoms with Crippen LogP contribution in [-0.4, -0.2) is 48.5 Å². The highest BCUT2D eigenvalue weighted by atomic mass is 16.4. The van der Waals surface area contributed by atoms with Crippen molar-refractivity contribution in [3.8, 4) is 17.2 Å². The second kappa shape index (κ2) is 22.2. The molecule has 350 valence electrons. The quantitative estimate of drug-likeness (QED) is 0.122. The molecule has 0 radical (unpaired) electrons. The molecule has 0 aliphatic carbocycles. The maximum atomic E-state index is 10.8.